The van der Waals surface area contributed by atoms with Crippen LogP contribution in [0.2, 0.25) is 0 Å². The van der Waals surface area contributed by atoms with E-state index in [1.165, 1.54) is 16.7 Å². The summed E-state index contributed by atoms with van der Waals surface area (Å²) in [5.74, 6) is 1.18. The minimum Gasteiger partial charge on any atom is -0.497 e. The number of nitrogens with zero attached hydrogens (tertiary/aromatic N) is 4. The number of hydrogen-bond acceptors (Lipinski definition) is 6. The number of benzene rings is 1. The molecule has 0 saturated carbocycles. The Balaban J connectivity index is 1.76. The first-order valence-electron chi connectivity index (χ1n) is 7.81. The fourth-order valence-corrected chi connectivity index (χ4v) is 3.42. The second-order valence-corrected chi connectivity index (χ2v) is 6.89. The average Bonchev–Trinajstić information content (AvgIpc) is 3.20. The molecule has 1 atom stereocenters. The third-order valence-electron chi connectivity index (χ3n) is 3.92. The highest BCUT2D eigenvalue weighted by atomic mass is 32.2. The molecule has 1 unspecified atom stereocenters. The lowest BCUT2D eigenvalue weighted by atomic mass is 10.2. The molecule has 2 heterocycles. The van der Waals surface area contributed by atoms with Crippen LogP contribution in [0.1, 0.15) is 6.92 Å². The lowest BCUT2D eigenvalue weighted by molar-refractivity contribution is -0.126. The van der Waals surface area contributed by atoms with Crippen LogP contribution in [0.5, 0.6) is 5.75 Å². The van der Waals surface area contributed by atoms with E-state index in [0.717, 1.165) is 11.3 Å². The zero-order valence-electron chi connectivity index (χ0n) is 14.2. The highest BCUT2D eigenvalue weighted by Crippen LogP contribution is 2.28. The molecule has 9 heteroatoms. The van der Waals surface area contributed by atoms with E-state index in [0.29, 0.717) is 24.1 Å². The molecule has 1 saturated heterocycles. The summed E-state index contributed by atoms with van der Waals surface area (Å²) in [6, 6.07) is 7.20. The van der Waals surface area contributed by atoms with Gasteiger partial charge in [0.1, 0.15) is 5.75 Å². The van der Waals surface area contributed by atoms with Crippen LogP contribution >= 0.6 is 11.8 Å². The molecule has 1 aliphatic rings. The van der Waals surface area contributed by atoms with E-state index in [4.69, 9.17) is 4.74 Å². The number of ether oxygens (including phenoxy) is 1. The van der Waals surface area contributed by atoms with Gasteiger partial charge in [0.15, 0.2) is 11.0 Å². The van der Waals surface area contributed by atoms with Crippen molar-refractivity contribution >= 4 is 23.7 Å². The van der Waals surface area contributed by atoms with Gasteiger partial charge >= 0.3 is 6.03 Å². The monoisotopic (exact) mass is 361 g/mol. The molecule has 132 valence electrons. The maximum absolute atomic E-state index is 12.4. The lowest BCUT2D eigenvalue weighted by Crippen LogP contribution is -2.39. The van der Waals surface area contributed by atoms with Gasteiger partial charge in [-0.3, -0.25) is 9.69 Å². The molecule has 0 bridgehead atoms. The van der Waals surface area contributed by atoms with Gasteiger partial charge in [0.25, 0.3) is 0 Å². The Morgan fingerprint density at radius 1 is 1.40 bits per heavy atom. The standard InChI is InChI=1S/C16H19N5O3S/c1-10(14(22)21-8-7-17-15(21)23)25-16-19-18-13(20(16)2)11-5-4-6-12(9-11)24-3/h4-6,9-10H,7-8H2,1-3H3,(H,17,23). The van der Waals surface area contributed by atoms with E-state index in [-0.39, 0.29) is 11.9 Å². The molecule has 25 heavy (non-hydrogen) atoms. The van der Waals surface area contributed by atoms with Gasteiger partial charge in [-0.25, -0.2) is 4.79 Å². The van der Waals surface area contributed by atoms with Crippen molar-refractivity contribution in [2.24, 2.45) is 7.05 Å². The van der Waals surface area contributed by atoms with Gasteiger partial charge in [-0.05, 0) is 19.1 Å². The van der Waals surface area contributed by atoms with Gasteiger partial charge in [0.2, 0.25) is 5.91 Å². The number of carbonyl (C=O) groups is 2. The second-order valence-electron chi connectivity index (χ2n) is 5.58. The van der Waals surface area contributed by atoms with Crippen LogP contribution in [0.3, 0.4) is 0 Å². The Morgan fingerprint density at radius 3 is 2.88 bits per heavy atom. The maximum Gasteiger partial charge on any atom is 0.324 e. The van der Waals surface area contributed by atoms with E-state index >= 15 is 0 Å². The first-order valence-corrected chi connectivity index (χ1v) is 8.69. The summed E-state index contributed by atoms with van der Waals surface area (Å²) >= 11 is 1.28. The van der Waals surface area contributed by atoms with Crippen LogP contribution in [-0.2, 0) is 11.8 Å². The topological polar surface area (TPSA) is 89.4 Å². The van der Waals surface area contributed by atoms with Crippen molar-refractivity contribution in [3.8, 4) is 17.1 Å². The minimum atomic E-state index is -0.440. The van der Waals surface area contributed by atoms with E-state index in [1.807, 2.05) is 35.9 Å². The van der Waals surface area contributed by atoms with E-state index in [1.54, 1.807) is 14.0 Å². The molecule has 0 spiro atoms. The molecule has 3 amide bonds. The van der Waals surface area contributed by atoms with Crippen LogP contribution in [0, 0.1) is 0 Å². The van der Waals surface area contributed by atoms with Crippen molar-refractivity contribution in [2.45, 2.75) is 17.3 Å². The number of rotatable bonds is 5. The highest BCUT2D eigenvalue weighted by Gasteiger charge is 2.31. The van der Waals surface area contributed by atoms with Crippen LogP contribution in [-0.4, -0.2) is 57.1 Å². The quantitative estimate of drug-likeness (QED) is 0.812. The molecular weight excluding hydrogens is 342 g/mol. The van der Waals surface area contributed by atoms with Crippen molar-refractivity contribution in [1.29, 1.82) is 0 Å². The minimum absolute atomic E-state index is 0.231. The Bertz CT molecular complexity index is 807. The van der Waals surface area contributed by atoms with Gasteiger partial charge in [-0.2, -0.15) is 0 Å². The third kappa shape index (κ3) is 3.46. The second kappa shape index (κ2) is 7.14. The van der Waals surface area contributed by atoms with Gasteiger partial charge in [-0.1, -0.05) is 23.9 Å². The normalized spacial score (nSPS) is 15.2. The average molecular weight is 361 g/mol. The molecule has 3 rings (SSSR count). The van der Waals surface area contributed by atoms with Gasteiger partial charge < -0.3 is 14.6 Å². The molecule has 1 aromatic heterocycles. The van der Waals surface area contributed by atoms with Crippen molar-refractivity contribution < 1.29 is 14.3 Å². The summed E-state index contributed by atoms with van der Waals surface area (Å²) in [5.41, 5.74) is 0.874. The third-order valence-corrected chi connectivity index (χ3v) is 5.04. The van der Waals surface area contributed by atoms with Gasteiger partial charge in [0, 0.05) is 25.7 Å². The van der Waals surface area contributed by atoms with Crippen LogP contribution in [0.4, 0.5) is 4.79 Å². The maximum atomic E-state index is 12.4. The Hall–Kier alpha value is -2.55. The van der Waals surface area contributed by atoms with Crippen LogP contribution in [0.15, 0.2) is 29.4 Å². The molecule has 0 aliphatic carbocycles. The number of urea groups is 1. The van der Waals surface area contributed by atoms with E-state index in [9.17, 15) is 9.59 Å². The fraction of sp³-hybridized carbons (Fsp3) is 0.375. The number of thioether (sulfide) groups is 1. The predicted octanol–water partition coefficient (Wildman–Crippen LogP) is 1.52. The first-order chi connectivity index (χ1) is 12.0. The number of nitrogens with one attached hydrogen (secondary N) is 1. The summed E-state index contributed by atoms with van der Waals surface area (Å²) in [7, 11) is 3.45. The number of methoxy groups -OCH3 is 1. The van der Waals surface area contributed by atoms with Crippen LogP contribution < -0.4 is 10.1 Å². The zero-order valence-corrected chi connectivity index (χ0v) is 15.0. The fourth-order valence-electron chi connectivity index (χ4n) is 2.54. The smallest absolute Gasteiger partial charge is 0.324 e. The summed E-state index contributed by atoms with van der Waals surface area (Å²) in [6.07, 6.45) is 0. The van der Waals surface area contributed by atoms with Crippen LogP contribution in [0.25, 0.3) is 11.4 Å². The number of imide groups is 1. The van der Waals surface area contributed by atoms with Crippen molar-refractivity contribution in [3.63, 3.8) is 0 Å². The first kappa shape index (κ1) is 17.3. The van der Waals surface area contributed by atoms with E-state index in [2.05, 4.69) is 15.5 Å². The number of carbonyl (C=O) groups excluding carboxylic acids is 2. The molecule has 1 aliphatic heterocycles. The molecular formula is C16H19N5O3S. The summed E-state index contributed by atoms with van der Waals surface area (Å²) in [5, 5.41) is 11.2. The Labute approximate surface area is 149 Å². The van der Waals surface area contributed by atoms with Crippen molar-refractivity contribution in [1.82, 2.24) is 25.0 Å². The summed E-state index contributed by atoms with van der Waals surface area (Å²) in [4.78, 5) is 25.3. The zero-order chi connectivity index (χ0) is 18.0. The van der Waals surface area contributed by atoms with Crippen molar-refractivity contribution in [2.75, 3.05) is 20.2 Å². The lowest BCUT2D eigenvalue weighted by Gasteiger charge is -2.16. The highest BCUT2D eigenvalue weighted by molar-refractivity contribution is 8.00. The van der Waals surface area contributed by atoms with Gasteiger partial charge in [0.05, 0.1) is 12.4 Å². The van der Waals surface area contributed by atoms with Gasteiger partial charge in [-0.15, -0.1) is 10.2 Å². The number of amides is 3. The largest absolute Gasteiger partial charge is 0.497 e. The molecule has 2 aromatic rings. The predicted molar refractivity (Wildman–Crippen MR) is 93.4 cm³/mol. The Kier molecular flexibility index (Phi) is 4.93. The molecule has 8 nitrogen and oxygen atoms in total. The van der Waals surface area contributed by atoms with E-state index < -0.39 is 5.25 Å². The summed E-state index contributed by atoms with van der Waals surface area (Å²) in [6.45, 7) is 2.65. The number of aromatic nitrogens is 3. The molecule has 1 fully saturated rings. The van der Waals surface area contributed by atoms with Crippen molar-refractivity contribution in [3.05, 3.63) is 24.3 Å². The molecule has 1 N–H and O–H groups in total. The SMILES string of the molecule is COc1cccc(-c2nnc(SC(C)C(=O)N3CCNC3=O)n2C)c1. The summed E-state index contributed by atoms with van der Waals surface area (Å²) < 4.78 is 7.06. The molecule has 0 radical (unpaired) electrons. The Morgan fingerprint density at radius 2 is 2.20 bits per heavy atom. The molecule has 1 aromatic carbocycles. The number of hydrogen-bond donors (Lipinski definition) is 1.